The van der Waals surface area contributed by atoms with Crippen molar-refractivity contribution < 1.29 is 29.0 Å². The van der Waals surface area contributed by atoms with Crippen LogP contribution in [0.15, 0.2) is 89.4 Å². The van der Waals surface area contributed by atoms with Crippen LogP contribution < -0.4 is 9.64 Å². The van der Waals surface area contributed by atoms with Crippen molar-refractivity contribution in [2.75, 3.05) is 37.6 Å². The van der Waals surface area contributed by atoms with Gasteiger partial charge in [0.15, 0.2) is 11.5 Å². The summed E-state index contributed by atoms with van der Waals surface area (Å²) in [6.07, 6.45) is 3.33. The molecule has 2 amide bonds. The van der Waals surface area contributed by atoms with Crippen LogP contribution in [0.4, 0.5) is 5.69 Å². The van der Waals surface area contributed by atoms with Gasteiger partial charge in [0.2, 0.25) is 0 Å². The molecule has 9 nitrogen and oxygen atoms in total. The summed E-state index contributed by atoms with van der Waals surface area (Å²) in [4.78, 5) is 57.4. The molecular formula is C42H38BrN3O6S. The number of hydrogen-bond donors (Lipinski definition) is 1. The SMILES string of the molecule is O=C1CCC(N2C(=O)c3ccc(N4CCN(CCCCc5ccc(Oc6c(-c7ccc(Br)cc7)sc7cc(O)ccc67)cc5)CC4)cc3C2=O)C(=O)C1. The summed E-state index contributed by atoms with van der Waals surface area (Å²) in [5.41, 5.74) is 3.89. The fourth-order valence-corrected chi connectivity index (χ4v) is 8.98. The number of nitrogens with zero attached hydrogens (tertiary/aromatic N) is 3. The number of ether oxygens (including phenoxy) is 1. The summed E-state index contributed by atoms with van der Waals surface area (Å²) in [7, 11) is 0. The van der Waals surface area contributed by atoms with Crippen molar-refractivity contribution in [3.05, 3.63) is 106 Å². The average molecular weight is 793 g/mol. The highest BCUT2D eigenvalue weighted by Crippen LogP contribution is 2.47. The maximum absolute atomic E-state index is 13.3. The van der Waals surface area contributed by atoms with Crippen molar-refractivity contribution in [1.29, 1.82) is 0 Å². The van der Waals surface area contributed by atoms with E-state index < -0.39 is 17.9 Å². The molecule has 1 N–H and O–H groups in total. The minimum Gasteiger partial charge on any atom is -0.508 e. The van der Waals surface area contributed by atoms with Gasteiger partial charge >= 0.3 is 0 Å². The van der Waals surface area contributed by atoms with E-state index >= 15 is 0 Å². The smallest absolute Gasteiger partial charge is 0.262 e. The summed E-state index contributed by atoms with van der Waals surface area (Å²) in [5, 5.41) is 11.1. The lowest BCUT2D eigenvalue weighted by molar-refractivity contribution is -0.132. The zero-order valence-electron chi connectivity index (χ0n) is 29.1. The number of hydrogen-bond acceptors (Lipinski definition) is 9. The number of benzene rings is 4. The predicted molar refractivity (Wildman–Crippen MR) is 209 cm³/mol. The number of imide groups is 1. The highest BCUT2D eigenvalue weighted by molar-refractivity contribution is 9.10. The second kappa shape index (κ2) is 14.9. The maximum Gasteiger partial charge on any atom is 0.262 e. The van der Waals surface area contributed by atoms with E-state index in [1.165, 1.54) is 5.56 Å². The number of aryl methyl sites for hydroxylation is 1. The van der Waals surface area contributed by atoms with Gasteiger partial charge in [0.1, 0.15) is 17.3 Å². The number of rotatable bonds is 10. The van der Waals surface area contributed by atoms with Gasteiger partial charge in [0.25, 0.3) is 11.8 Å². The highest BCUT2D eigenvalue weighted by atomic mass is 79.9. The third-order valence-corrected chi connectivity index (χ3v) is 12.2. The fraction of sp³-hybridized carbons (Fsp3) is 0.286. The predicted octanol–water partition coefficient (Wildman–Crippen LogP) is 8.26. The Labute approximate surface area is 319 Å². The summed E-state index contributed by atoms with van der Waals surface area (Å²) in [6.45, 7) is 4.47. The molecule has 4 aromatic carbocycles. The highest BCUT2D eigenvalue weighted by Gasteiger charge is 2.44. The summed E-state index contributed by atoms with van der Waals surface area (Å²) >= 11 is 5.12. The van der Waals surface area contributed by atoms with Gasteiger partial charge in [0, 0.05) is 52.8 Å². The molecule has 0 spiro atoms. The molecule has 1 saturated carbocycles. The number of carbonyl (C=O) groups is 4. The summed E-state index contributed by atoms with van der Waals surface area (Å²) in [5.74, 6) is 0.417. The van der Waals surface area contributed by atoms with Crippen molar-refractivity contribution >= 4 is 66.4 Å². The number of thiophene rings is 1. The van der Waals surface area contributed by atoms with Crippen LogP contribution in [-0.4, -0.2) is 77.1 Å². The van der Waals surface area contributed by atoms with Gasteiger partial charge in [-0.1, -0.05) is 40.2 Å². The molecule has 11 heteroatoms. The van der Waals surface area contributed by atoms with Crippen molar-refractivity contribution in [2.45, 2.75) is 44.6 Å². The van der Waals surface area contributed by atoms with Gasteiger partial charge in [-0.25, -0.2) is 0 Å². The van der Waals surface area contributed by atoms with Crippen LogP contribution in [0.2, 0.25) is 0 Å². The number of fused-ring (bicyclic) bond motifs is 2. The van der Waals surface area contributed by atoms with Gasteiger partial charge in [-0.3, -0.25) is 29.0 Å². The molecule has 3 aliphatic rings. The number of amides is 2. The van der Waals surface area contributed by atoms with Crippen LogP contribution in [0, 0.1) is 0 Å². The molecular weight excluding hydrogens is 754 g/mol. The van der Waals surface area contributed by atoms with Crippen molar-refractivity contribution in [3.8, 4) is 27.7 Å². The Kier molecular flexibility index (Phi) is 9.89. The molecule has 5 aromatic rings. The Bertz CT molecular complexity index is 2230. The number of Topliss-reactive ketones (excluding diaryl/α,β-unsaturated/α-hetero) is 2. The molecule has 1 atom stereocenters. The molecule has 2 fully saturated rings. The largest absolute Gasteiger partial charge is 0.508 e. The van der Waals surface area contributed by atoms with E-state index in [4.69, 9.17) is 4.74 Å². The average Bonchev–Trinajstić information content (AvgIpc) is 3.63. The van der Waals surface area contributed by atoms with Crippen LogP contribution in [0.25, 0.3) is 20.5 Å². The Morgan fingerprint density at radius 3 is 2.32 bits per heavy atom. The van der Waals surface area contributed by atoms with Crippen molar-refractivity contribution in [2.24, 2.45) is 0 Å². The van der Waals surface area contributed by atoms with Crippen LogP contribution in [0.1, 0.15) is 58.4 Å². The molecule has 270 valence electrons. The van der Waals surface area contributed by atoms with E-state index in [0.29, 0.717) is 11.1 Å². The summed E-state index contributed by atoms with van der Waals surface area (Å²) < 4.78 is 8.49. The Hall–Kier alpha value is -4.84. The molecule has 1 aliphatic carbocycles. The molecule has 8 rings (SSSR count). The van der Waals surface area contributed by atoms with Gasteiger partial charge in [-0.05, 0) is 104 Å². The Morgan fingerprint density at radius 2 is 1.57 bits per heavy atom. The van der Waals surface area contributed by atoms with Gasteiger partial charge in [-0.15, -0.1) is 11.3 Å². The molecule has 2 aliphatic heterocycles. The number of ketones is 2. The number of unbranched alkanes of at least 4 members (excludes halogenated alkanes) is 1. The molecule has 1 aromatic heterocycles. The number of anilines is 1. The van der Waals surface area contributed by atoms with Crippen molar-refractivity contribution in [3.63, 3.8) is 0 Å². The molecule has 1 unspecified atom stereocenters. The lowest BCUT2D eigenvalue weighted by Crippen LogP contribution is -2.47. The number of phenolic OH excluding ortho intramolecular Hbond substituents is 1. The maximum atomic E-state index is 13.3. The van der Waals surface area contributed by atoms with E-state index in [1.54, 1.807) is 35.6 Å². The first kappa shape index (κ1) is 35.2. The second-order valence-electron chi connectivity index (χ2n) is 13.9. The molecule has 1 saturated heterocycles. The number of halogens is 1. The quantitative estimate of drug-likeness (QED) is 0.0857. The number of piperazine rings is 1. The number of aromatic hydroxyl groups is 1. The van der Waals surface area contributed by atoms with Gasteiger partial charge < -0.3 is 14.7 Å². The fourth-order valence-electron chi connectivity index (χ4n) is 7.55. The first-order valence-corrected chi connectivity index (χ1v) is 19.6. The second-order valence-corrected chi connectivity index (χ2v) is 15.9. The third kappa shape index (κ3) is 7.25. The zero-order chi connectivity index (χ0) is 36.6. The van der Waals surface area contributed by atoms with E-state index in [-0.39, 0.29) is 36.6 Å². The van der Waals surface area contributed by atoms with Crippen LogP contribution in [0.3, 0.4) is 0 Å². The molecule has 3 heterocycles. The van der Waals surface area contributed by atoms with E-state index in [1.807, 2.05) is 36.4 Å². The Balaban J connectivity index is 0.821. The summed E-state index contributed by atoms with van der Waals surface area (Å²) in [6, 6.07) is 26.4. The molecule has 0 bridgehead atoms. The minimum absolute atomic E-state index is 0.138. The van der Waals surface area contributed by atoms with Crippen LogP contribution in [0.5, 0.6) is 17.2 Å². The normalized spacial score (nSPS) is 17.9. The van der Waals surface area contributed by atoms with E-state index in [0.717, 1.165) is 99.1 Å². The first-order valence-electron chi connectivity index (χ1n) is 18.0. The third-order valence-electron chi connectivity index (χ3n) is 10.5. The lowest BCUT2D eigenvalue weighted by Gasteiger charge is -2.36. The monoisotopic (exact) mass is 791 g/mol. The molecule has 0 radical (unpaired) electrons. The Morgan fingerprint density at radius 1 is 0.811 bits per heavy atom. The molecule has 53 heavy (non-hydrogen) atoms. The van der Waals surface area contributed by atoms with Crippen LogP contribution in [-0.2, 0) is 16.0 Å². The zero-order valence-corrected chi connectivity index (χ0v) is 31.5. The number of carbonyl (C=O) groups excluding carboxylic acids is 4. The van der Waals surface area contributed by atoms with E-state index in [9.17, 15) is 24.3 Å². The topological polar surface area (TPSA) is 107 Å². The van der Waals surface area contributed by atoms with Crippen LogP contribution >= 0.6 is 27.3 Å². The first-order chi connectivity index (χ1) is 25.7. The number of phenols is 1. The van der Waals surface area contributed by atoms with E-state index in [2.05, 4.69) is 50.0 Å². The standard InChI is InChI=1S/C42H38BrN3O6S/c43-28-8-6-27(7-9-28)40-39(34-16-11-31(48)25-38(34)53-40)52-32-13-4-26(5-14-32)3-1-2-18-44-19-21-45(22-20-44)29-10-15-33-35(23-29)42(51)46(41(33)50)36-17-12-30(47)24-37(36)49/h4-11,13-16,23,25,36,48H,1-3,12,17-22,24H2. The van der Waals surface area contributed by atoms with Gasteiger partial charge in [-0.2, -0.15) is 0 Å². The lowest BCUT2D eigenvalue weighted by atomic mass is 9.92. The van der Waals surface area contributed by atoms with Gasteiger partial charge in [0.05, 0.1) is 28.5 Å². The van der Waals surface area contributed by atoms with Crippen molar-refractivity contribution in [1.82, 2.24) is 9.80 Å². The minimum atomic E-state index is -0.854.